The van der Waals surface area contributed by atoms with Crippen molar-refractivity contribution < 1.29 is 9.90 Å². The molecule has 0 aliphatic heterocycles. The van der Waals surface area contributed by atoms with Crippen molar-refractivity contribution in [3.63, 3.8) is 0 Å². The Bertz CT molecular complexity index is 496. The molecule has 96 valence electrons. The molecule has 1 fully saturated rings. The lowest BCUT2D eigenvalue weighted by Crippen LogP contribution is -2.33. The minimum Gasteiger partial charge on any atom is -0.481 e. The molecule has 0 saturated heterocycles. The first-order chi connectivity index (χ1) is 8.65. The van der Waals surface area contributed by atoms with Crippen molar-refractivity contribution in [3.05, 3.63) is 34.4 Å². The Morgan fingerprint density at radius 1 is 1.11 bits per heavy atom. The van der Waals surface area contributed by atoms with E-state index in [0.717, 1.165) is 44.1 Å². The molecule has 2 heteroatoms. The largest absolute Gasteiger partial charge is 0.481 e. The predicted octanol–water partition coefficient (Wildman–Crippen LogP) is 3.38. The van der Waals surface area contributed by atoms with Crippen LogP contribution in [0.2, 0.25) is 0 Å². The first kappa shape index (κ1) is 11.8. The quantitative estimate of drug-likeness (QED) is 0.866. The lowest BCUT2D eigenvalue weighted by molar-refractivity contribution is -0.143. The highest BCUT2D eigenvalue weighted by Gasteiger charge is 2.44. The summed E-state index contributed by atoms with van der Waals surface area (Å²) >= 11 is 0. The molecule has 1 saturated carbocycles. The summed E-state index contributed by atoms with van der Waals surface area (Å²) in [6, 6.07) is 4.22. The Morgan fingerprint density at radius 3 is 2.44 bits per heavy atom. The van der Waals surface area contributed by atoms with Gasteiger partial charge in [-0.15, -0.1) is 0 Å². The highest BCUT2D eigenvalue weighted by molar-refractivity contribution is 5.82. The molecule has 0 atom stereocenters. The van der Waals surface area contributed by atoms with Crippen LogP contribution >= 0.6 is 0 Å². The fraction of sp³-hybridized carbons (Fsp3) is 0.562. The summed E-state index contributed by atoms with van der Waals surface area (Å²) in [7, 11) is 0. The topological polar surface area (TPSA) is 37.3 Å². The molecule has 0 bridgehead atoms. The maximum Gasteiger partial charge on any atom is 0.314 e. The number of benzene rings is 1. The molecule has 2 aliphatic rings. The van der Waals surface area contributed by atoms with Crippen LogP contribution in [0.5, 0.6) is 0 Å². The zero-order valence-corrected chi connectivity index (χ0v) is 11.0. The maximum absolute atomic E-state index is 11.8. The lowest BCUT2D eigenvalue weighted by Gasteiger charge is -2.27. The zero-order valence-electron chi connectivity index (χ0n) is 11.0. The number of carboxylic acids is 1. The molecule has 0 spiro atoms. The molecule has 0 radical (unpaired) electrons. The van der Waals surface area contributed by atoms with Crippen molar-refractivity contribution in [2.24, 2.45) is 0 Å². The van der Waals surface area contributed by atoms with Crippen molar-refractivity contribution >= 4 is 5.97 Å². The fourth-order valence-electron chi connectivity index (χ4n) is 3.91. The van der Waals surface area contributed by atoms with Gasteiger partial charge in [0.1, 0.15) is 0 Å². The van der Waals surface area contributed by atoms with Crippen molar-refractivity contribution in [2.45, 2.75) is 57.3 Å². The molecule has 3 rings (SSSR count). The second-order valence-corrected chi connectivity index (χ2v) is 5.84. The number of fused-ring (bicyclic) bond motifs is 1. The Hall–Kier alpha value is -1.31. The van der Waals surface area contributed by atoms with Crippen LogP contribution < -0.4 is 0 Å². The second kappa shape index (κ2) is 4.11. The van der Waals surface area contributed by atoms with Gasteiger partial charge in [-0.25, -0.2) is 0 Å². The van der Waals surface area contributed by atoms with E-state index in [-0.39, 0.29) is 0 Å². The van der Waals surface area contributed by atoms with E-state index in [2.05, 4.69) is 19.1 Å². The second-order valence-electron chi connectivity index (χ2n) is 5.84. The molecule has 0 amide bonds. The molecule has 0 aromatic heterocycles. The van der Waals surface area contributed by atoms with E-state index in [0.29, 0.717) is 0 Å². The third-order valence-electron chi connectivity index (χ3n) is 4.90. The van der Waals surface area contributed by atoms with Gasteiger partial charge in [0.15, 0.2) is 0 Å². The molecule has 0 heterocycles. The zero-order chi connectivity index (χ0) is 12.8. The summed E-state index contributed by atoms with van der Waals surface area (Å²) < 4.78 is 0. The SMILES string of the molecule is Cc1ccc(C2(C(=O)O)CCCC2)c2c1CCC2. The van der Waals surface area contributed by atoms with Crippen molar-refractivity contribution in [1.82, 2.24) is 0 Å². The third-order valence-corrected chi connectivity index (χ3v) is 4.90. The number of rotatable bonds is 2. The van der Waals surface area contributed by atoms with Gasteiger partial charge < -0.3 is 5.11 Å². The molecule has 0 unspecified atom stereocenters. The number of aryl methyl sites for hydroxylation is 1. The molecule has 1 N–H and O–H groups in total. The minimum atomic E-state index is -0.613. The monoisotopic (exact) mass is 244 g/mol. The molecule has 1 aromatic rings. The van der Waals surface area contributed by atoms with E-state index in [4.69, 9.17) is 0 Å². The standard InChI is InChI=1S/C16H20O2/c1-11-7-8-14(13-6-4-5-12(11)13)16(15(17)18)9-2-3-10-16/h7-8H,2-6,9-10H2,1H3,(H,17,18). The first-order valence-electron chi connectivity index (χ1n) is 7.00. The maximum atomic E-state index is 11.8. The van der Waals surface area contributed by atoms with Gasteiger partial charge in [-0.1, -0.05) is 25.0 Å². The van der Waals surface area contributed by atoms with Gasteiger partial charge in [0, 0.05) is 0 Å². The lowest BCUT2D eigenvalue weighted by atomic mass is 9.75. The van der Waals surface area contributed by atoms with Crippen LogP contribution in [0.15, 0.2) is 12.1 Å². The number of hydrogen-bond acceptors (Lipinski definition) is 1. The van der Waals surface area contributed by atoms with E-state index in [1.54, 1.807) is 0 Å². The average molecular weight is 244 g/mol. The average Bonchev–Trinajstić information content (AvgIpc) is 2.98. The van der Waals surface area contributed by atoms with Crippen LogP contribution in [-0.4, -0.2) is 11.1 Å². The minimum absolute atomic E-state index is 0.581. The van der Waals surface area contributed by atoms with Crippen LogP contribution in [0, 0.1) is 6.92 Å². The molecular formula is C16H20O2. The molecular weight excluding hydrogens is 224 g/mol. The Kier molecular flexibility index (Phi) is 2.69. The number of hydrogen-bond donors (Lipinski definition) is 1. The number of carbonyl (C=O) groups is 1. The summed E-state index contributed by atoms with van der Waals surface area (Å²) in [5.41, 5.74) is 4.68. The summed E-state index contributed by atoms with van der Waals surface area (Å²) in [5, 5.41) is 9.72. The smallest absolute Gasteiger partial charge is 0.314 e. The van der Waals surface area contributed by atoms with E-state index in [9.17, 15) is 9.90 Å². The fourth-order valence-corrected chi connectivity index (χ4v) is 3.91. The third kappa shape index (κ3) is 1.51. The van der Waals surface area contributed by atoms with Gasteiger partial charge >= 0.3 is 5.97 Å². The van der Waals surface area contributed by atoms with E-state index < -0.39 is 11.4 Å². The van der Waals surface area contributed by atoms with E-state index >= 15 is 0 Å². The van der Waals surface area contributed by atoms with Crippen LogP contribution in [0.4, 0.5) is 0 Å². The van der Waals surface area contributed by atoms with Gasteiger partial charge in [0.05, 0.1) is 5.41 Å². The van der Waals surface area contributed by atoms with Crippen LogP contribution in [0.25, 0.3) is 0 Å². The van der Waals surface area contributed by atoms with E-state index in [1.165, 1.54) is 23.1 Å². The summed E-state index contributed by atoms with van der Waals surface area (Å²) in [4.78, 5) is 11.8. The van der Waals surface area contributed by atoms with Crippen molar-refractivity contribution in [1.29, 1.82) is 0 Å². The van der Waals surface area contributed by atoms with Gasteiger partial charge in [-0.05, 0) is 61.3 Å². The van der Waals surface area contributed by atoms with Crippen molar-refractivity contribution in [2.75, 3.05) is 0 Å². The van der Waals surface area contributed by atoms with Crippen LogP contribution in [0.3, 0.4) is 0 Å². The summed E-state index contributed by atoms with van der Waals surface area (Å²) in [6.45, 7) is 2.15. The number of carboxylic acid groups (broad SMARTS) is 1. The van der Waals surface area contributed by atoms with Crippen LogP contribution in [-0.2, 0) is 23.1 Å². The predicted molar refractivity (Wildman–Crippen MR) is 71.0 cm³/mol. The van der Waals surface area contributed by atoms with Gasteiger partial charge in [-0.2, -0.15) is 0 Å². The Balaban J connectivity index is 2.17. The summed E-state index contributed by atoms with van der Waals surface area (Å²) in [6.07, 6.45) is 7.12. The van der Waals surface area contributed by atoms with E-state index in [1.807, 2.05) is 0 Å². The highest BCUT2D eigenvalue weighted by atomic mass is 16.4. The van der Waals surface area contributed by atoms with Gasteiger partial charge in [0.25, 0.3) is 0 Å². The van der Waals surface area contributed by atoms with Crippen LogP contribution in [0.1, 0.15) is 54.4 Å². The van der Waals surface area contributed by atoms with Crippen molar-refractivity contribution in [3.8, 4) is 0 Å². The number of aliphatic carboxylic acids is 1. The first-order valence-corrected chi connectivity index (χ1v) is 7.00. The molecule has 2 nitrogen and oxygen atoms in total. The van der Waals surface area contributed by atoms with Gasteiger partial charge in [0.2, 0.25) is 0 Å². The Morgan fingerprint density at radius 2 is 1.78 bits per heavy atom. The summed E-state index contributed by atoms with van der Waals surface area (Å²) in [5.74, 6) is -0.613. The molecule has 2 aliphatic carbocycles. The molecule has 1 aromatic carbocycles. The Labute approximate surface area is 108 Å². The molecule has 18 heavy (non-hydrogen) atoms. The highest BCUT2D eigenvalue weighted by Crippen LogP contribution is 2.45. The van der Waals surface area contributed by atoms with Gasteiger partial charge in [-0.3, -0.25) is 4.79 Å². The normalized spacial score (nSPS) is 20.9.